The van der Waals surface area contributed by atoms with Crippen molar-refractivity contribution in [3.8, 4) is 5.75 Å². The molecule has 6 heteroatoms. The fraction of sp³-hybridized carbons (Fsp3) is 0.160. The number of ether oxygens (including phenoxy) is 1. The number of aliphatic hydroxyl groups excluding tert-OH is 1. The first-order valence-electron chi connectivity index (χ1n) is 9.88. The summed E-state index contributed by atoms with van der Waals surface area (Å²) in [4.78, 5) is 31.6. The van der Waals surface area contributed by atoms with Gasteiger partial charge in [0.2, 0.25) is 0 Å². The normalized spacial score (nSPS) is 17.7. The molecule has 1 aliphatic rings. The van der Waals surface area contributed by atoms with Gasteiger partial charge in [-0.05, 0) is 54.4 Å². The molecule has 1 unspecified atom stereocenters. The first-order chi connectivity index (χ1) is 15.0. The summed E-state index contributed by atoms with van der Waals surface area (Å²) in [6.07, 6.45) is 3.29. The van der Waals surface area contributed by atoms with E-state index >= 15 is 0 Å². The molecule has 0 aliphatic carbocycles. The van der Waals surface area contributed by atoms with E-state index in [0.29, 0.717) is 11.3 Å². The molecule has 6 nitrogen and oxygen atoms in total. The number of methoxy groups -OCH3 is 1. The minimum atomic E-state index is -0.700. The molecule has 0 spiro atoms. The van der Waals surface area contributed by atoms with Crippen LogP contribution in [0.5, 0.6) is 5.75 Å². The summed E-state index contributed by atoms with van der Waals surface area (Å²) >= 11 is 0. The quantitative estimate of drug-likeness (QED) is 0.388. The molecule has 31 heavy (non-hydrogen) atoms. The highest BCUT2D eigenvalue weighted by Crippen LogP contribution is 2.40. The third-order valence-corrected chi connectivity index (χ3v) is 5.36. The van der Waals surface area contributed by atoms with Crippen molar-refractivity contribution in [1.29, 1.82) is 0 Å². The van der Waals surface area contributed by atoms with Crippen LogP contribution in [0.25, 0.3) is 5.76 Å². The number of Topliss-reactive ketones (excluding diaryl/α,β-unsaturated/α-hetero) is 1. The van der Waals surface area contributed by atoms with Gasteiger partial charge in [-0.2, -0.15) is 0 Å². The van der Waals surface area contributed by atoms with Crippen molar-refractivity contribution in [2.75, 3.05) is 7.11 Å². The number of amides is 1. The molecule has 1 fully saturated rings. The second-order valence-electron chi connectivity index (χ2n) is 7.43. The van der Waals surface area contributed by atoms with Gasteiger partial charge in [-0.15, -0.1) is 0 Å². The second kappa shape index (κ2) is 8.44. The Morgan fingerprint density at radius 1 is 1.06 bits per heavy atom. The molecule has 1 aromatic heterocycles. The number of pyridine rings is 1. The summed E-state index contributed by atoms with van der Waals surface area (Å²) in [6, 6.07) is 17.2. The lowest BCUT2D eigenvalue weighted by atomic mass is 9.94. The Bertz CT molecular complexity index is 1150. The van der Waals surface area contributed by atoms with Crippen molar-refractivity contribution < 1.29 is 19.4 Å². The third kappa shape index (κ3) is 3.92. The first-order valence-corrected chi connectivity index (χ1v) is 9.88. The Balaban J connectivity index is 1.85. The lowest BCUT2D eigenvalue weighted by Crippen LogP contribution is -2.29. The zero-order valence-electron chi connectivity index (χ0n) is 17.3. The van der Waals surface area contributed by atoms with Crippen molar-refractivity contribution in [3.05, 3.63) is 101 Å². The molecule has 156 valence electrons. The highest BCUT2D eigenvalue weighted by Gasteiger charge is 2.46. The molecule has 4 rings (SSSR count). The van der Waals surface area contributed by atoms with Crippen LogP contribution in [0, 0.1) is 6.92 Å². The molecule has 0 radical (unpaired) electrons. The average Bonchev–Trinajstić information content (AvgIpc) is 3.04. The van der Waals surface area contributed by atoms with Crippen LogP contribution in [-0.4, -0.2) is 33.8 Å². The monoisotopic (exact) mass is 414 g/mol. The molecule has 1 amide bonds. The van der Waals surface area contributed by atoms with E-state index in [4.69, 9.17) is 4.74 Å². The van der Waals surface area contributed by atoms with E-state index in [1.54, 1.807) is 55.9 Å². The predicted molar refractivity (Wildman–Crippen MR) is 116 cm³/mol. The maximum Gasteiger partial charge on any atom is 0.295 e. The van der Waals surface area contributed by atoms with Crippen molar-refractivity contribution in [1.82, 2.24) is 9.88 Å². The Kier molecular flexibility index (Phi) is 5.54. The molecular weight excluding hydrogens is 392 g/mol. The van der Waals surface area contributed by atoms with E-state index in [1.807, 2.05) is 31.2 Å². The minimum Gasteiger partial charge on any atom is -0.507 e. The number of carbonyl (C=O) groups excluding carboxylic acids is 2. The molecule has 1 aliphatic heterocycles. The lowest BCUT2D eigenvalue weighted by molar-refractivity contribution is -0.140. The maximum atomic E-state index is 13.1. The highest BCUT2D eigenvalue weighted by molar-refractivity contribution is 6.46. The molecule has 3 aromatic rings. The van der Waals surface area contributed by atoms with Crippen LogP contribution >= 0.6 is 0 Å². The van der Waals surface area contributed by atoms with E-state index in [2.05, 4.69) is 4.98 Å². The summed E-state index contributed by atoms with van der Waals surface area (Å²) in [5.41, 5.74) is 3.13. The molecule has 1 N–H and O–H groups in total. The number of aliphatic hydroxyl groups is 1. The van der Waals surface area contributed by atoms with E-state index in [0.717, 1.165) is 16.7 Å². The first kappa shape index (κ1) is 20.3. The average molecular weight is 414 g/mol. The smallest absolute Gasteiger partial charge is 0.295 e. The zero-order chi connectivity index (χ0) is 22.0. The van der Waals surface area contributed by atoms with E-state index in [-0.39, 0.29) is 17.9 Å². The molecule has 0 saturated carbocycles. The van der Waals surface area contributed by atoms with Gasteiger partial charge in [0.25, 0.3) is 11.7 Å². The number of ketones is 1. The maximum absolute atomic E-state index is 13.1. The standard InChI is InChI=1S/C25H22N2O4/c1-16-4-3-5-19(14-16)22-21(23(28)18-6-8-20(31-2)9-7-18)24(29)25(30)27(22)15-17-10-12-26-13-11-17/h3-14,22,28H,15H2,1-2H3/b23-21-. The Morgan fingerprint density at radius 3 is 2.42 bits per heavy atom. The largest absolute Gasteiger partial charge is 0.507 e. The SMILES string of the molecule is COc1ccc(/C(O)=C2/C(=O)C(=O)N(Cc3ccncc3)C2c2cccc(C)c2)cc1. The van der Waals surface area contributed by atoms with Crippen molar-refractivity contribution in [3.63, 3.8) is 0 Å². The lowest BCUT2D eigenvalue weighted by Gasteiger charge is -2.25. The number of rotatable bonds is 5. The molecule has 2 heterocycles. The Labute approximate surface area is 180 Å². The number of aryl methyl sites for hydroxylation is 1. The molecule has 2 aromatic carbocycles. The van der Waals surface area contributed by atoms with Crippen molar-refractivity contribution in [2.45, 2.75) is 19.5 Å². The van der Waals surface area contributed by atoms with Gasteiger partial charge in [0.05, 0.1) is 18.7 Å². The number of carbonyl (C=O) groups is 2. The molecule has 1 atom stereocenters. The van der Waals surface area contributed by atoms with Gasteiger partial charge in [0.15, 0.2) is 0 Å². The van der Waals surface area contributed by atoms with Crippen LogP contribution in [0.15, 0.2) is 78.6 Å². The van der Waals surface area contributed by atoms with Crippen LogP contribution in [0.2, 0.25) is 0 Å². The molecule has 0 bridgehead atoms. The number of benzene rings is 2. The van der Waals surface area contributed by atoms with Crippen LogP contribution in [-0.2, 0) is 16.1 Å². The van der Waals surface area contributed by atoms with Gasteiger partial charge in [-0.3, -0.25) is 14.6 Å². The van der Waals surface area contributed by atoms with Crippen molar-refractivity contribution >= 4 is 17.4 Å². The second-order valence-corrected chi connectivity index (χ2v) is 7.43. The minimum absolute atomic E-state index is 0.0785. The number of aromatic nitrogens is 1. The van der Waals surface area contributed by atoms with Crippen LogP contribution < -0.4 is 4.74 Å². The number of hydrogen-bond donors (Lipinski definition) is 1. The topological polar surface area (TPSA) is 79.7 Å². The van der Waals surface area contributed by atoms with Gasteiger partial charge in [0, 0.05) is 24.5 Å². The summed E-state index contributed by atoms with van der Waals surface area (Å²) in [5, 5.41) is 11.1. The zero-order valence-corrected chi connectivity index (χ0v) is 17.3. The van der Waals surface area contributed by atoms with Gasteiger partial charge >= 0.3 is 0 Å². The summed E-state index contributed by atoms with van der Waals surface area (Å²) in [6.45, 7) is 2.17. The van der Waals surface area contributed by atoms with Gasteiger partial charge < -0.3 is 14.7 Å². The fourth-order valence-corrected chi connectivity index (χ4v) is 3.82. The van der Waals surface area contributed by atoms with Crippen molar-refractivity contribution in [2.24, 2.45) is 0 Å². The summed E-state index contributed by atoms with van der Waals surface area (Å²) < 4.78 is 5.17. The van der Waals surface area contributed by atoms with Gasteiger partial charge in [-0.25, -0.2) is 0 Å². The fourth-order valence-electron chi connectivity index (χ4n) is 3.82. The van der Waals surface area contributed by atoms with Gasteiger partial charge in [-0.1, -0.05) is 29.8 Å². The summed E-state index contributed by atoms with van der Waals surface area (Å²) in [5.74, 6) is -0.915. The summed E-state index contributed by atoms with van der Waals surface area (Å²) in [7, 11) is 1.55. The Morgan fingerprint density at radius 2 is 1.77 bits per heavy atom. The third-order valence-electron chi connectivity index (χ3n) is 5.36. The number of likely N-dealkylation sites (tertiary alicyclic amines) is 1. The van der Waals surface area contributed by atoms with E-state index < -0.39 is 17.7 Å². The Hall–Kier alpha value is -3.93. The molecule has 1 saturated heterocycles. The highest BCUT2D eigenvalue weighted by atomic mass is 16.5. The van der Waals surface area contributed by atoms with Gasteiger partial charge in [0.1, 0.15) is 11.5 Å². The van der Waals surface area contributed by atoms with Crippen LogP contribution in [0.3, 0.4) is 0 Å². The van der Waals surface area contributed by atoms with E-state index in [1.165, 1.54) is 4.90 Å². The van der Waals surface area contributed by atoms with Crippen LogP contribution in [0.1, 0.15) is 28.3 Å². The predicted octanol–water partition coefficient (Wildman–Crippen LogP) is 4.02. The van der Waals surface area contributed by atoms with E-state index in [9.17, 15) is 14.7 Å². The molecular formula is C25H22N2O4. The number of hydrogen-bond acceptors (Lipinski definition) is 5. The number of nitrogens with zero attached hydrogens (tertiary/aromatic N) is 2. The van der Waals surface area contributed by atoms with Crippen LogP contribution in [0.4, 0.5) is 0 Å².